The van der Waals surface area contributed by atoms with E-state index in [0.29, 0.717) is 0 Å². The maximum absolute atomic E-state index is 9.75. The Morgan fingerprint density at radius 3 is 1.62 bits per heavy atom. The molecule has 0 aromatic heterocycles. The van der Waals surface area contributed by atoms with Crippen molar-refractivity contribution in [2.75, 3.05) is 21.1 Å². The number of benzene rings is 1. The highest BCUT2D eigenvalue weighted by atomic mass is 19.5. The smallest absolute Gasteiger partial charge is 0.418 e. The quantitative estimate of drug-likeness (QED) is 0.421. The van der Waals surface area contributed by atoms with Crippen molar-refractivity contribution in [2.45, 2.75) is 6.54 Å². The molecule has 0 saturated carbocycles. The topological polar surface area (TPSA) is 0 Å². The van der Waals surface area contributed by atoms with Crippen molar-refractivity contribution in [1.82, 2.24) is 0 Å². The molecular formula is C10H16BF4N. The molecule has 0 aliphatic rings. The summed E-state index contributed by atoms with van der Waals surface area (Å²) in [6, 6.07) is 10.6. The van der Waals surface area contributed by atoms with Crippen LogP contribution in [-0.4, -0.2) is 32.9 Å². The molecule has 1 aromatic carbocycles. The number of rotatable bonds is 2. The normalized spacial score (nSPS) is 11.7. The van der Waals surface area contributed by atoms with Gasteiger partial charge in [0.25, 0.3) is 0 Å². The predicted octanol–water partition coefficient (Wildman–Crippen LogP) is 3.19. The summed E-state index contributed by atoms with van der Waals surface area (Å²) in [4.78, 5) is 0. The highest BCUT2D eigenvalue weighted by Crippen LogP contribution is 2.06. The first-order valence-electron chi connectivity index (χ1n) is 4.79. The van der Waals surface area contributed by atoms with Crippen LogP contribution in [0.2, 0.25) is 0 Å². The number of nitrogens with zero attached hydrogens (tertiary/aromatic N) is 1. The van der Waals surface area contributed by atoms with E-state index in [0.717, 1.165) is 11.0 Å². The predicted molar refractivity (Wildman–Crippen MR) is 58.4 cm³/mol. The summed E-state index contributed by atoms with van der Waals surface area (Å²) in [6.45, 7) is 1.10. The molecule has 1 aromatic rings. The lowest BCUT2D eigenvalue weighted by Crippen LogP contribution is -2.33. The lowest BCUT2D eigenvalue weighted by molar-refractivity contribution is -0.884. The zero-order chi connectivity index (χ0) is 12.8. The van der Waals surface area contributed by atoms with Crippen LogP contribution in [0.5, 0.6) is 0 Å². The Balaban J connectivity index is 0.000000385. The summed E-state index contributed by atoms with van der Waals surface area (Å²) in [5.41, 5.74) is 1.40. The van der Waals surface area contributed by atoms with Gasteiger partial charge in [-0.3, -0.25) is 0 Å². The van der Waals surface area contributed by atoms with Gasteiger partial charge in [-0.05, 0) is 0 Å². The van der Waals surface area contributed by atoms with Gasteiger partial charge in [0.2, 0.25) is 0 Å². The summed E-state index contributed by atoms with van der Waals surface area (Å²) >= 11 is 0. The molecule has 0 heterocycles. The van der Waals surface area contributed by atoms with Gasteiger partial charge in [-0.1, -0.05) is 30.3 Å². The molecular weight excluding hydrogens is 221 g/mol. The van der Waals surface area contributed by atoms with Gasteiger partial charge in [-0.25, -0.2) is 0 Å². The van der Waals surface area contributed by atoms with Crippen LogP contribution < -0.4 is 0 Å². The lowest BCUT2D eigenvalue weighted by Gasteiger charge is -2.23. The van der Waals surface area contributed by atoms with Crippen LogP contribution in [0, 0.1) is 0 Å². The van der Waals surface area contributed by atoms with Crippen LogP contribution in [0.1, 0.15) is 5.56 Å². The van der Waals surface area contributed by atoms with E-state index in [9.17, 15) is 17.3 Å². The standard InChI is InChI=1S/C10H16N.BF4/c1-11(2,3)9-10-7-5-4-6-8-10;2-1(3,4)5/h4-8H,9H2,1-3H3;/q+1;-1. The molecule has 16 heavy (non-hydrogen) atoms. The molecule has 1 nitrogen and oxygen atoms in total. The van der Waals surface area contributed by atoms with Crippen LogP contribution in [0.4, 0.5) is 17.3 Å². The minimum absolute atomic E-state index is 0.990. The Kier molecular flexibility index (Phi) is 5.51. The molecule has 0 radical (unpaired) electrons. The van der Waals surface area contributed by atoms with Gasteiger partial charge in [0.05, 0.1) is 21.1 Å². The summed E-state index contributed by atoms with van der Waals surface area (Å²) < 4.78 is 40.0. The molecule has 0 aliphatic carbocycles. The molecule has 0 unspecified atom stereocenters. The fourth-order valence-corrected chi connectivity index (χ4v) is 1.13. The van der Waals surface area contributed by atoms with Gasteiger partial charge < -0.3 is 21.7 Å². The molecule has 6 heteroatoms. The average molecular weight is 237 g/mol. The van der Waals surface area contributed by atoms with Crippen molar-refractivity contribution in [2.24, 2.45) is 0 Å². The average Bonchev–Trinajstić information content (AvgIpc) is 1.99. The first-order valence-corrected chi connectivity index (χ1v) is 4.79. The van der Waals surface area contributed by atoms with Gasteiger partial charge in [0.15, 0.2) is 0 Å². The summed E-state index contributed by atoms with van der Waals surface area (Å²) in [5.74, 6) is 0. The first-order chi connectivity index (χ1) is 7.08. The second-order valence-electron chi connectivity index (χ2n) is 4.43. The zero-order valence-electron chi connectivity index (χ0n) is 9.63. The van der Waals surface area contributed by atoms with Crippen LogP contribution in [-0.2, 0) is 6.54 Å². The summed E-state index contributed by atoms with van der Waals surface area (Å²) in [5, 5.41) is 0. The Hall–Kier alpha value is -1.04. The van der Waals surface area contributed by atoms with Gasteiger partial charge >= 0.3 is 7.25 Å². The van der Waals surface area contributed by atoms with Crippen LogP contribution in [0.15, 0.2) is 30.3 Å². The zero-order valence-corrected chi connectivity index (χ0v) is 9.63. The number of hydrogen-bond donors (Lipinski definition) is 0. The molecule has 0 saturated heterocycles. The van der Waals surface area contributed by atoms with Crippen LogP contribution in [0.3, 0.4) is 0 Å². The molecule has 0 aliphatic heterocycles. The molecule has 0 amide bonds. The lowest BCUT2D eigenvalue weighted by atomic mass is 10.2. The number of hydrogen-bond acceptors (Lipinski definition) is 0. The van der Waals surface area contributed by atoms with E-state index < -0.39 is 7.25 Å². The number of quaternary nitrogens is 1. The summed E-state index contributed by atoms with van der Waals surface area (Å²) in [6.07, 6.45) is 0. The fraction of sp³-hybridized carbons (Fsp3) is 0.400. The molecule has 0 fully saturated rings. The van der Waals surface area contributed by atoms with Crippen molar-refractivity contribution in [3.63, 3.8) is 0 Å². The maximum atomic E-state index is 9.75. The van der Waals surface area contributed by atoms with E-state index in [1.807, 2.05) is 0 Å². The third-order valence-corrected chi connectivity index (χ3v) is 1.50. The van der Waals surface area contributed by atoms with E-state index >= 15 is 0 Å². The van der Waals surface area contributed by atoms with E-state index in [2.05, 4.69) is 51.5 Å². The maximum Gasteiger partial charge on any atom is 0.673 e. The molecule has 0 spiro atoms. The highest BCUT2D eigenvalue weighted by molar-refractivity contribution is 6.50. The Bertz CT molecular complexity index is 286. The van der Waals surface area contributed by atoms with Gasteiger partial charge in [-0.15, -0.1) is 0 Å². The van der Waals surface area contributed by atoms with E-state index in [4.69, 9.17) is 0 Å². The van der Waals surface area contributed by atoms with Crippen LogP contribution >= 0.6 is 0 Å². The molecule has 0 N–H and O–H groups in total. The van der Waals surface area contributed by atoms with Gasteiger partial charge in [-0.2, -0.15) is 0 Å². The van der Waals surface area contributed by atoms with E-state index in [-0.39, 0.29) is 0 Å². The molecule has 92 valence electrons. The second kappa shape index (κ2) is 5.89. The Morgan fingerprint density at radius 2 is 1.31 bits per heavy atom. The van der Waals surface area contributed by atoms with Crippen molar-refractivity contribution in [3.8, 4) is 0 Å². The summed E-state index contributed by atoms with van der Waals surface area (Å²) in [7, 11) is 0.604. The second-order valence-corrected chi connectivity index (χ2v) is 4.43. The Morgan fingerprint density at radius 1 is 0.938 bits per heavy atom. The highest BCUT2D eigenvalue weighted by Gasteiger charge is 2.20. The van der Waals surface area contributed by atoms with Crippen molar-refractivity contribution < 1.29 is 21.7 Å². The molecule has 1 rings (SSSR count). The fourth-order valence-electron chi connectivity index (χ4n) is 1.13. The minimum Gasteiger partial charge on any atom is -0.418 e. The van der Waals surface area contributed by atoms with Crippen molar-refractivity contribution in [3.05, 3.63) is 35.9 Å². The molecule has 0 atom stereocenters. The SMILES string of the molecule is C[N+](C)(C)Cc1ccccc1.F[B-](F)(F)F. The largest absolute Gasteiger partial charge is 0.673 e. The van der Waals surface area contributed by atoms with E-state index in [1.165, 1.54) is 5.56 Å². The monoisotopic (exact) mass is 237 g/mol. The van der Waals surface area contributed by atoms with Gasteiger partial charge in [0, 0.05) is 5.56 Å². The third kappa shape index (κ3) is 13.0. The van der Waals surface area contributed by atoms with Gasteiger partial charge in [0.1, 0.15) is 6.54 Å². The first kappa shape index (κ1) is 15.0. The van der Waals surface area contributed by atoms with Crippen molar-refractivity contribution >= 4 is 7.25 Å². The Labute approximate surface area is 93.4 Å². The molecule has 0 bridgehead atoms. The third-order valence-electron chi connectivity index (χ3n) is 1.50. The van der Waals surface area contributed by atoms with Crippen molar-refractivity contribution in [1.29, 1.82) is 0 Å². The van der Waals surface area contributed by atoms with Crippen LogP contribution in [0.25, 0.3) is 0 Å². The number of halogens is 4. The minimum atomic E-state index is -6.00. The van der Waals surface area contributed by atoms with E-state index in [1.54, 1.807) is 0 Å².